The maximum Gasteiger partial charge on any atom is 0.419 e. The Morgan fingerprint density at radius 2 is 2.00 bits per heavy atom. The van der Waals surface area contributed by atoms with Crippen molar-refractivity contribution < 1.29 is 37.0 Å². The molecule has 0 unspecified atom stereocenters. The van der Waals surface area contributed by atoms with Crippen molar-refractivity contribution in [3.8, 4) is 5.75 Å². The fourth-order valence-corrected chi connectivity index (χ4v) is 2.44. The number of amides is 1. The molecule has 0 saturated heterocycles. The molecule has 0 radical (unpaired) electrons. The highest BCUT2D eigenvalue weighted by Gasteiger charge is 2.36. The average molecular weight is 435 g/mol. The fourth-order valence-electron chi connectivity index (χ4n) is 2.27. The van der Waals surface area contributed by atoms with Crippen LogP contribution in [-0.4, -0.2) is 23.6 Å². The molecule has 2 aromatic carbocycles. The van der Waals surface area contributed by atoms with Gasteiger partial charge in [0.25, 0.3) is 0 Å². The summed E-state index contributed by atoms with van der Waals surface area (Å²) in [4.78, 5) is 15.4. The number of benzene rings is 2. The maximum atomic E-state index is 13.6. The summed E-state index contributed by atoms with van der Waals surface area (Å²) < 4.78 is 57.7. The minimum Gasteiger partial charge on any atom is -0.472 e. The number of hydrogen-bond donors (Lipinski definition) is 2. The molecule has 0 aromatic heterocycles. The first-order valence-corrected chi connectivity index (χ1v) is 8.38. The number of halogens is 5. The van der Waals surface area contributed by atoms with Gasteiger partial charge in [-0.2, -0.15) is 13.2 Å². The lowest BCUT2D eigenvalue weighted by Gasteiger charge is -2.13. The van der Waals surface area contributed by atoms with E-state index in [2.05, 4.69) is 5.16 Å². The summed E-state index contributed by atoms with van der Waals surface area (Å²) in [6.07, 6.45) is -6.14. The Morgan fingerprint density at radius 3 is 2.66 bits per heavy atom. The van der Waals surface area contributed by atoms with Crippen LogP contribution < -0.4 is 10.1 Å². The van der Waals surface area contributed by atoms with E-state index in [1.807, 2.05) is 5.32 Å². The zero-order valence-electron chi connectivity index (χ0n) is 14.9. The highest BCUT2D eigenvalue weighted by molar-refractivity contribution is 6.32. The number of nitrogens with one attached hydrogen (secondary N) is 1. The van der Waals surface area contributed by atoms with Crippen LogP contribution in [0.25, 0.3) is 0 Å². The SMILES string of the molecule is CC(=NOCc1cccc(F)c1C(F)(F)F)c1ccc(Cl)c(OCNC(=O)O)c1. The fraction of sp³-hybridized carbons (Fsp3) is 0.222. The second-order valence-electron chi connectivity index (χ2n) is 5.64. The van der Waals surface area contributed by atoms with Crippen LogP contribution in [0.2, 0.25) is 5.02 Å². The molecule has 0 atom stereocenters. The smallest absolute Gasteiger partial charge is 0.419 e. The Morgan fingerprint density at radius 1 is 1.28 bits per heavy atom. The number of ether oxygens (including phenoxy) is 1. The molecule has 156 valence electrons. The zero-order chi connectivity index (χ0) is 21.6. The van der Waals surface area contributed by atoms with Crippen molar-refractivity contribution in [2.45, 2.75) is 19.7 Å². The number of alkyl halides is 3. The van der Waals surface area contributed by atoms with Crippen LogP contribution in [0.5, 0.6) is 5.75 Å². The quantitative estimate of drug-likeness (QED) is 0.277. The van der Waals surface area contributed by atoms with Crippen LogP contribution >= 0.6 is 11.6 Å². The number of hydrogen-bond acceptors (Lipinski definition) is 4. The third-order valence-corrected chi connectivity index (χ3v) is 3.92. The van der Waals surface area contributed by atoms with Gasteiger partial charge in [0, 0.05) is 11.1 Å². The summed E-state index contributed by atoms with van der Waals surface area (Å²) in [6, 6.07) is 7.45. The van der Waals surface area contributed by atoms with E-state index in [1.54, 1.807) is 6.07 Å². The lowest BCUT2D eigenvalue weighted by molar-refractivity contribution is -0.141. The molecule has 2 rings (SSSR count). The zero-order valence-corrected chi connectivity index (χ0v) is 15.6. The van der Waals surface area contributed by atoms with Crippen molar-refractivity contribution in [3.63, 3.8) is 0 Å². The van der Waals surface area contributed by atoms with Crippen molar-refractivity contribution in [1.29, 1.82) is 0 Å². The molecule has 0 saturated carbocycles. The topological polar surface area (TPSA) is 80.2 Å². The molecule has 2 aromatic rings. The summed E-state index contributed by atoms with van der Waals surface area (Å²) in [6.45, 7) is 0.590. The molecule has 1 amide bonds. The first-order valence-electron chi connectivity index (χ1n) is 8.00. The Bertz CT molecular complexity index is 919. The Labute approximate surface area is 167 Å². The first kappa shape index (κ1) is 22.3. The molecule has 0 bridgehead atoms. The van der Waals surface area contributed by atoms with Gasteiger partial charge in [0.2, 0.25) is 0 Å². The van der Waals surface area contributed by atoms with E-state index in [1.165, 1.54) is 19.1 Å². The molecule has 6 nitrogen and oxygen atoms in total. The van der Waals surface area contributed by atoms with Gasteiger partial charge in [0.15, 0.2) is 6.73 Å². The summed E-state index contributed by atoms with van der Waals surface area (Å²) >= 11 is 5.96. The highest BCUT2D eigenvalue weighted by atomic mass is 35.5. The molecule has 0 spiro atoms. The number of oxime groups is 1. The molecular weight excluding hydrogens is 420 g/mol. The third-order valence-electron chi connectivity index (χ3n) is 3.60. The van der Waals surface area contributed by atoms with Gasteiger partial charge >= 0.3 is 12.3 Å². The lowest BCUT2D eigenvalue weighted by Crippen LogP contribution is -2.25. The Hall–Kier alpha value is -3.01. The minimum absolute atomic E-state index is 0.164. The van der Waals surface area contributed by atoms with Crippen molar-refractivity contribution >= 4 is 23.4 Å². The predicted molar refractivity (Wildman–Crippen MR) is 96.5 cm³/mol. The van der Waals surface area contributed by atoms with Gasteiger partial charge in [0.1, 0.15) is 18.2 Å². The average Bonchev–Trinajstić information content (AvgIpc) is 2.61. The van der Waals surface area contributed by atoms with Gasteiger partial charge < -0.3 is 14.7 Å². The first-order chi connectivity index (χ1) is 13.6. The second-order valence-corrected chi connectivity index (χ2v) is 6.04. The molecule has 0 heterocycles. The molecule has 29 heavy (non-hydrogen) atoms. The van der Waals surface area contributed by atoms with E-state index in [-0.39, 0.29) is 23.2 Å². The van der Waals surface area contributed by atoms with Crippen molar-refractivity contribution in [2.24, 2.45) is 5.16 Å². The largest absolute Gasteiger partial charge is 0.472 e. The maximum absolute atomic E-state index is 13.6. The molecular formula is C18H15ClF4N2O4. The monoisotopic (exact) mass is 434 g/mol. The standard InChI is InChI=1S/C18H15ClF4N2O4/c1-10(11-5-6-13(19)15(7-11)28-9-24-17(26)27)25-29-8-12-3-2-4-14(20)16(12)18(21,22)23/h2-7,24H,8-9H2,1H3,(H,26,27). The Kier molecular flexibility index (Phi) is 7.27. The van der Waals surface area contributed by atoms with Crippen LogP contribution in [0, 0.1) is 5.82 Å². The van der Waals surface area contributed by atoms with E-state index >= 15 is 0 Å². The molecule has 11 heteroatoms. The summed E-state index contributed by atoms with van der Waals surface area (Å²) in [5, 5.41) is 14.5. The van der Waals surface area contributed by atoms with Gasteiger partial charge in [-0.15, -0.1) is 0 Å². The van der Waals surface area contributed by atoms with E-state index in [9.17, 15) is 22.4 Å². The summed E-state index contributed by atoms with van der Waals surface area (Å²) in [5.74, 6) is -1.23. The van der Waals surface area contributed by atoms with Crippen LogP contribution in [0.1, 0.15) is 23.6 Å². The second kappa shape index (κ2) is 9.46. The van der Waals surface area contributed by atoms with E-state index < -0.39 is 35.8 Å². The highest BCUT2D eigenvalue weighted by Crippen LogP contribution is 2.34. The molecule has 0 aliphatic rings. The van der Waals surface area contributed by atoms with Gasteiger partial charge in [0.05, 0.1) is 16.3 Å². The van der Waals surface area contributed by atoms with E-state index in [0.29, 0.717) is 5.56 Å². The summed E-state index contributed by atoms with van der Waals surface area (Å²) in [5.41, 5.74) is -1.05. The van der Waals surface area contributed by atoms with E-state index in [4.69, 9.17) is 26.3 Å². The number of carboxylic acid groups (broad SMARTS) is 1. The normalized spacial score (nSPS) is 11.9. The van der Waals surface area contributed by atoms with Crippen molar-refractivity contribution in [2.75, 3.05) is 6.73 Å². The molecule has 0 aliphatic carbocycles. The van der Waals surface area contributed by atoms with E-state index in [0.717, 1.165) is 18.2 Å². The Balaban J connectivity index is 2.11. The molecule has 2 N–H and O–H groups in total. The van der Waals surface area contributed by atoms with Gasteiger partial charge in [-0.25, -0.2) is 9.18 Å². The third kappa shape index (κ3) is 6.24. The molecule has 0 fully saturated rings. The predicted octanol–water partition coefficient (Wildman–Crippen LogP) is 5.04. The van der Waals surface area contributed by atoms with Crippen LogP contribution in [0.3, 0.4) is 0 Å². The van der Waals surface area contributed by atoms with Crippen molar-refractivity contribution in [3.05, 3.63) is 63.9 Å². The summed E-state index contributed by atoms with van der Waals surface area (Å²) in [7, 11) is 0. The van der Waals surface area contributed by atoms with Gasteiger partial charge in [-0.3, -0.25) is 5.32 Å². The van der Waals surface area contributed by atoms with Crippen LogP contribution in [0.4, 0.5) is 22.4 Å². The van der Waals surface area contributed by atoms with Crippen LogP contribution in [0.15, 0.2) is 41.6 Å². The number of nitrogens with zero attached hydrogens (tertiary/aromatic N) is 1. The molecule has 0 aliphatic heterocycles. The van der Waals surface area contributed by atoms with Gasteiger partial charge in [-0.05, 0) is 25.1 Å². The lowest BCUT2D eigenvalue weighted by atomic mass is 10.1. The minimum atomic E-state index is -4.87. The van der Waals surface area contributed by atoms with Crippen LogP contribution in [-0.2, 0) is 17.6 Å². The van der Waals surface area contributed by atoms with Gasteiger partial charge in [-0.1, -0.05) is 35.0 Å². The number of rotatable bonds is 7. The van der Waals surface area contributed by atoms with Crippen molar-refractivity contribution in [1.82, 2.24) is 5.32 Å². The number of carbonyl (C=O) groups is 1.